The van der Waals surface area contributed by atoms with E-state index in [0.29, 0.717) is 13.0 Å². The average molecular weight is 331 g/mol. The molecule has 10 heteroatoms. The third-order valence-corrected chi connectivity index (χ3v) is 5.83. The smallest absolute Gasteiger partial charge is 0.282 e. The molecule has 2 fully saturated rings. The van der Waals surface area contributed by atoms with Crippen molar-refractivity contribution in [2.24, 2.45) is 0 Å². The predicted molar refractivity (Wildman–Crippen MR) is 74.1 cm³/mol. The fourth-order valence-electron chi connectivity index (χ4n) is 2.86. The molecule has 0 spiro atoms. The van der Waals surface area contributed by atoms with Crippen LogP contribution in [0.4, 0.5) is 10.1 Å². The number of hydrogen-bond donors (Lipinski definition) is 0. The van der Waals surface area contributed by atoms with Gasteiger partial charge in [0.25, 0.3) is 15.9 Å². The van der Waals surface area contributed by atoms with Crippen molar-refractivity contribution in [1.82, 2.24) is 8.61 Å². The zero-order valence-electron chi connectivity index (χ0n) is 11.7. The van der Waals surface area contributed by atoms with Crippen LogP contribution in [0.5, 0.6) is 5.75 Å². The zero-order valence-corrected chi connectivity index (χ0v) is 12.5. The molecule has 2 atom stereocenters. The number of benzene rings is 1. The van der Waals surface area contributed by atoms with Crippen LogP contribution in [0.3, 0.4) is 0 Å². The van der Waals surface area contributed by atoms with Gasteiger partial charge in [0.05, 0.1) is 23.6 Å². The summed E-state index contributed by atoms with van der Waals surface area (Å²) in [4.78, 5) is 10.0. The molecule has 2 aliphatic heterocycles. The lowest BCUT2D eigenvalue weighted by molar-refractivity contribution is -0.385. The van der Waals surface area contributed by atoms with Crippen LogP contribution >= 0.6 is 0 Å². The fraction of sp³-hybridized carbons (Fsp3) is 0.500. The van der Waals surface area contributed by atoms with Crippen molar-refractivity contribution in [2.75, 3.05) is 20.1 Å². The van der Waals surface area contributed by atoms with Gasteiger partial charge in [-0.2, -0.15) is 17.0 Å². The molecule has 0 aliphatic carbocycles. The van der Waals surface area contributed by atoms with E-state index in [0.717, 1.165) is 18.2 Å². The Balaban J connectivity index is 1.75. The molecule has 1 aromatic carbocycles. The Morgan fingerprint density at radius 2 is 2.09 bits per heavy atom. The predicted octanol–water partition coefficient (Wildman–Crippen LogP) is 0.746. The molecular formula is C12H14FN3O5S. The first kappa shape index (κ1) is 15.1. The molecular weight excluding hydrogens is 317 g/mol. The molecule has 2 aliphatic rings. The highest BCUT2D eigenvalue weighted by atomic mass is 32.2. The van der Waals surface area contributed by atoms with Crippen LogP contribution in [0.15, 0.2) is 18.2 Å². The minimum Gasteiger partial charge on any atom is -0.489 e. The number of nitro groups is 1. The van der Waals surface area contributed by atoms with Crippen LogP contribution in [0.2, 0.25) is 0 Å². The largest absolute Gasteiger partial charge is 0.489 e. The van der Waals surface area contributed by atoms with Crippen LogP contribution in [0, 0.1) is 15.9 Å². The topological polar surface area (TPSA) is 93.0 Å². The van der Waals surface area contributed by atoms with E-state index in [4.69, 9.17) is 4.74 Å². The van der Waals surface area contributed by atoms with Crippen LogP contribution in [-0.2, 0) is 10.2 Å². The monoisotopic (exact) mass is 331 g/mol. The molecule has 2 saturated heterocycles. The maximum Gasteiger partial charge on any atom is 0.282 e. The summed E-state index contributed by atoms with van der Waals surface area (Å²) in [5.41, 5.74) is -0.402. The molecule has 0 amide bonds. The minimum atomic E-state index is -3.45. The van der Waals surface area contributed by atoms with E-state index in [1.165, 1.54) is 15.7 Å². The Hall–Kier alpha value is -1.78. The number of hydrogen-bond acceptors (Lipinski definition) is 5. The van der Waals surface area contributed by atoms with Crippen molar-refractivity contribution < 1.29 is 22.5 Å². The van der Waals surface area contributed by atoms with Gasteiger partial charge in [-0.1, -0.05) is 0 Å². The van der Waals surface area contributed by atoms with Gasteiger partial charge in [0, 0.05) is 32.1 Å². The van der Waals surface area contributed by atoms with Crippen molar-refractivity contribution in [1.29, 1.82) is 0 Å². The number of ether oxygens (including phenoxy) is 1. The average Bonchev–Trinajstić information content (AvgIpc) is 2.88. The number of likely N-dealkylation sites (N-methyl/N-ethyl adjacent to an activating group) is 1. The summed E-state index contributed by atoms with van der Waals surface area (Å²) in [6, 6.07) is 2.81. The van der Waals surface area contributed by atoms with E-state index >= 15 is 0 Å². The molecule has 0 radical (unpaired) electrons. The number of non-ortho nitro benzene ring substituents is 1. The molecule has 1 aromatic rings. The van der Waals surface area contributed by atoms with Crippen molar-refractivity contribution in [2.45, 2.75) is 18.6 Å². The highest BCUT2D eigenvalue weighted by Crippen LogP contribution is 2.32. The van der Waals surface area contributed by atoms with Crippen LogP contribution in [0.1, 0.15) is 6.42 Å². The second-order valence-electron chi connectivity index (χ2n) is 5.39. The summed E-state index contributed by atoms with van der Waals surface area (Å²) in [6.07, 6.45) is 0.0170. The fourth-order valence-corrected chi connectivity index (χ4v) is 4.47. The number of rotatable bonds is 3. The van der Waals surface area contributed by atoms with E-state index in [1.807, 2.05) is 0 Å². The third-order valence-electron chi connectivity index (χ3n) is 3.85. The van der Waals surface area contributed by atoms with Gasteiger partial charge in [0.1, 0.15) is 17.7 Å². The molecule has 8 nitrogen and oxygen atoms in total. The van der Waals surface area contributed by atoms with E-state index in [2.05, 4.69) is 0 Å². The summed E-state index contributed by atoms with van der Waals surface area (Å²) in [5.74, 6) is -0.737. The summed E-state index contributed by atoms with van der Waals surface area (Å²) in [5, 5.41) is 10.7. The van der Waals surface area contributed by atoms with E-state index < -0.39 is 32.7 Å². The molecule has 120 valence electrons. The lowest BCUT2D eigenvalue weighted by Gasteiger charge is -2.17. The summed E-state index contributed by atoms with van der Waals surface area (Å²) in [7, 11) is -1.94. The Kier molecular flexibility index (Phi) is 3.54. The Morgan fingerprint density at radius 1 is 1.36 bits per heavy atom. The first-order valence-electron chi connectivity index (χ1n) is 6.62. The van der Waals surface area contributed by atoms with Gasteiger partial charge in [0.2, 0.25) is 0 Å². The number of halogens is 1. The molecule has 0 N–H and O–H groups in total. The van der Waals surface area contributed by atoms with Crippen LogP contribution in [-0.4, -0.2) is 54.2 Å². The van der Waals surface area contributed by atoms with Gasteiger partial charge >= 0.3 is 0 Å². The lowest BCUT2D eigenvalue weighted by atomic mass is 10.2. The SMILES string of the molecule is CN1C[C@@H]2C[C@@H](Oc3cc(F)cc([N+](=O)[O-])c3)CN2S1(=O)=O. The van der Waals surface area contributed by atoms with E-state index in [1.54, 1.807) is 0 Å². The van der Waals surface area contributed by atoms with E-state index in [-0.39, 0.29) is 18.3 Å². The maximum atomic E-state index is 13.4. The summed E-state index contributed by atoms with van der Waals surface area (Å²) < 4.78 is 45.6. The van der Waals surface area contributed by atoms with Gasteiger partial charge in [-0.25, -0.2) is 4.39 Å². The summed E-state index contributed by atoms with van der Waals surface area (Å²) >= 11 is 0. The molecule has 0 bridgehead atoms. The molecule has 3 rings (SSSR count). The molecule has 0 unspecified atom stereocenters. The van der Waals surface area contributed by atoms with E-state index in [9.17, 15) is 22.9 Å². The highest BCUT2D eigenvalue weighted by Gasteiger charge is 2.48. The molecule has 0 saturated carbocycles. The molecule has 22 heavy (non-hydrogen) atoms. The van der Waals surface area contributed by atoms with Gasteiger partial charge in [-0.05, 0) is 0 Å². The number of fused-ring (bicyclic) bond motifs is 1. The Morgan fingerprint density at radius 3 is 2.73 bits per heavy atom. The normalized spacial score (nSPS) is 27.7. The summed E-state index contributed by atoms with van der Waals surface area (Å²) in [6.45, 7) is 0.535. The Bertz CT molecular complexity index is 725. The minimum absolute atomic E-state index is 0.0311. The van der Waals surface area contributed by atoms with Crippen molar-refractivity contribution in [3.63, 3.8) is 0 Å². The molecule has 0 aromatic heterocycles. The third kappa shape index (κ3) is 2.53. The quantitative estimate of drug-likeness (QED) is 0.602. The zero-order chi connectivity index (χ0) is 16.1. The first-order chi connectivity index (χ1) is 10.3. The second kappa shape index (κ2) is 5.14. The van der Waals surface area contributed by atoms with Crippen molar-refractivity contribution >= 4 is 15.9 Å². The Labute approximate surface area is 126 Å². The maximum absolute atomic E-state index is 13.4. The standard InChI is InChI=1S/C12H14FN3O5S/c1-14-6-10-5-12(7-15(10)22(14,19)20)21-11-3-8(13)2-9(4-11)16(17)18/h2-4,10,12H,5-7H2,1H3/t10-,12+/m0/s1. The van der Waals surface area contributed by atoms with Crippen LogP contribution < -0.4 is 4.74 Å². The van der Waals surface area contributed by atoms with Crippen molar-refractivity contribution in [3.05, 3.63) is 34.1 Å². The van der Waals surface area contributed by atoms with Crippen molar-refractivity contribution in [3.8, 4) is 5.75 Å². The molecule has 2 heterocycles. The number of nitrogens with zero attached hydrogens (tertiary/aromatic N) is 3. The first-order valence-corrected chi connectivity index (χ1v) is 8.02. The lowest BCUT2D eigenvalue weighted by Crippen LogP contribution is -2.33. The highest BCUT2D eigenvalue weighted by molar-refractivity contribution is 7.87. The second-order valence-corrected chi connectivity index (χ2v) is 7.38. The van der Waals surface area contributed by atoms with Gasteiger partial charge in [-0.3, -0.25) is 10.1 Å². The van der Waals surface area contributed by atoms with Gasteiger partial charge < -0.3 is 4.74 Å². The van der Waals surface area contributed by atoms with Crippen LogP contribution in [0.25, 0.3) is 0 Å². The van der Waals surface area contributed by atoms with Gasteiger partial charge in [-0.15, -0.1) is 0 Å². The van der Waals surface area contributed by atoms with Gasteiger partial charge in [0.15, 0.2) is 0 Å². The number of nitro benzene ring substituents is 1.